The summed E-state index contributed by atoms with van der Waals surface area (Å²) in [7, 11) is 0. The minimum Gasteiger partial charge on any atom is -0.378 e. The smallest absolute Gasteiger partial charge is 0.261 e. The van der Waals surface area contributed by atoms with Crippen LogP contribution in [-0.2, 0) is 4.79 Å². The first-order chi connectivity index (χ1) is 8.69. The molecule has 2 unspecified atom stereocenters. The molecule has 1 aromatic heterocycles. The zero-order chi connectivity index (χ0) is 13.1. The van der Waals surface area contributed by atoms with E-state index < -0.39 is 6.10 Å². The van der Waals surface area contributed by atoms with Crippen molar-refractivity contribution in [2.45, 2.75) is 45.6 Å². The number of nitrogens with zero attached hydrogens (tertiary/aromatic N) is 1. The van der Waals surface area contributed by atoms with E-state index in [1.165, 1.54) is 24.2 Å². The van der Waals surface area contributed by atoms with Crippen molar-refractivity contribution in [2.75, 3.05) is 11.4 Å². The summed E-state index contributed by atoms with van der Waals surface area (Å²) in [6, 6.07) is 1.95. The number of unbranched alkanes of at least 4 members (excludes halogenated alkanes) is 1. The summed E-state index contributed by atoms with van der Waals surface area (Å²) >= 11 is 1.47. The van der Waals surface area contributed by atoms with Crippen LogP contribution in [0.2, 0.25) is 0 Å². The monoisotopic (exact) mass is 267 g/mol. The average molecular weight is 267 g/mol. The lowest BCUT2D eigenvalue weighted by atomic mass is 9.99. The summed E-state index contributed by atoms with van der Waals surface area (Å²) < 4.78 is 0. The molecule has 0 saturated heterocycles. The number of carbonyl (C=O) groups excluding carboxylic acids is 1. The standard InChI is InChI=1S/C14H21NO2S/c1-3-5-6-10(4-2)9-15-11-7-8-18-13(11)12(16)14(15)17/h7-8,10,12,16H,3-6,9H2,1-2H3. The number of aliphatic hydroxyl groups is 1. The maximum absolute atomic E-state index is 12.0. The van der Waals surface area contributed by atoms with Gasteiger partial charge in [0, 0.05) is 6.54 Å². The molecular formula is C14H21NO2S. The Labute approximate surface area is 112 Å². The molecule has 0 radical (unpaired) electrons. The molecule has 0 bridgehead atoms. The molecule has 1 N–H and O–H groups in total. The number of anilines is 1. The highest BCUT2D eigenvalue weighted by molar-refractivity contribution is 7.11. The van der Waals surface area contributed by atoms with Crippen LogP contribution in [0.3, 0.4) is 0 Å². The summed E-state index contributed by atoms with van der Waals surface area (Å²) in [5.74, 6) is 0.388. The molecule has 0 aliphatic carbocycles. The first-order valence-corrected chi connectivity index (χ1v) is 7.63. The minimum atomic E-state index is -0.927. The molecule has 18 heavy (non-hydrogen) atoms. The van der Waals surface area contributed by atoms with Crippen molar-refractivity contribution in [1.82, 2.24) is 0 Å². The van der Waals surface area contributed by atoms with Gasteiger partial charge in [0.25, 0.3) is 5.91 Å². The fourth-order valence-electron chi connectivity index (χ4n) is 2.48. The van der Waals surface area contributed by atoms with Gasteiger partial charge in [0.15, 0.2) is 6.10 Å². The summed E-state index contributed by atoms with van der Waals surface area (Å²) in [5, 5.41) is 11.8. The van der Waals surface area contributed by atoms with Gasteiger partial charge in [0.2, 0.25) is 0 Å². The van der Waals surface area contributed by atoms with Crippen LogP contribution in [0.5, 0.6) is 0 Å². The highest BCUT2D eigenvalue weighted by Gasteiger charge is 2.37. The van der Waals surface area contributed by atoms with Crippen molar-refractivity contribution in [3.05, 3.63) is 16.3 Å². The maximum atomic E-state index is 12.0. The van der Waals surface area contributed by atoms with E-state index in [2.05, 4.69) is 13.8 Å². The molecule has 0 saturated carbocycles. The van der Waals surface area contributed by atoms with Crippen molar-refractivity contribution in [1.29, 1.82) is 0 Å². The lowest BCUT2D eigenvalue weighted by Crippen LogP contribution is -2.33. The van der Waals surface area contributed by atoms with Crippen molar-refractivity contribution in [2.24, 2.45) is 5.92 Å². The lowest BCUT2D eigenvalue weighted by molar-refractivity contribution is -0.125. The van der Waals surface area contributed by atoms with Crippen LogP contribution in [0.1, 0.15) is 50.5 Å². The molecule has 2 heterocycles. The zero-order valence-corrected chi connectivity index (χ0v) is 11.9. The normalized spacial score (nSPS) is 20.3. The third kappa shape index (κ3) is 2.45. The molecule has 3 nitrogen and oxygen atoms in total. The number of hydrogen-bond acceptors (Lipinski definition) is 3. The Morgan fingerprint density at radius 2 is 2.28 bits per heavy atom. The zero-order valence-electron chi connectivity index (χ0n) is 11.1. The van der Waals surface area contributed by atoms with E-state index in [1.807, 2.05) is 11.4 Å². The predicted molar refractivity (Wildman–Crippen MR) is 74.9 cm³/mol. The first kappa shape index (κ1) is 13.6. The van der Waals surface area contributed by atoms with Crippen molar-refractivity contribution < 1.29 is 9.90 Å². The van der Waals surface area contributed by atoms with E-state index in [0.29, 0.717) is 5.92 Å². The second-order valence-corrected chi connectivity index (χ2v) is 5.89. The Morgan fingerprint density at radius 1 is 1.50 bits per heavy atom. The summed E-state index contributed by atoms with van der Waals surface area (Å²) in [4.78, 5) is 14.6. The Bertz CT molecular complexity index is 416. The van der Waals surface area contributed by atoms with Gasteiger partial charge >= 0.3 is 0 Å². The first-order valence-electron chi connectivity index (χ1n) is 6.75. The number of aliphatic hydroxyl groups excluding tert-OH is 1. The molecular weight excluding hydrogens is 246 g/mol. The van der Waals surface area contributed by atoms with Crippen LogP contribution < -0.4 is 4.90 Å². The minimum absolute atomic E-state index is 0.146. The second-order valence-electron chi connectivity index (χ2n) is 4.94. The number of amides is 1. The molecule has 2 rings (SSSR count). The van der Waals surface area contributed by atoms with Crippen molar-refractivity contribution in [3.63, 3.8) is 0 Å². The van der Waals surface area contributed by atoms with Gasteiger partial charge in [0.05, 0.1) is 10.6 Å². The van der Waals surface area contributed by atoms with E-state index in [-0.39, 0.29) is 5.91 Å². The number of carbonyl (C=O) groups is 1. The quantitative estimate of drug-likeness (QED) is 0.858. The topological polar surface area (TPSA) is 40.5 Å². The molecule has 2 atom stereocenters. The maximum Gasteiger partial charge on any atom is 0.261 e. The number of rotatable bonds is 6. The molecule has 1 aliphatic rings. The summed E-state index contributed by atoms with van der Waals surface area (Å²) in [6.07, 6.45) is 3.71. The number of hydrogen-bond donors (Lipinski definition) is 1. The van der Waals surface area contributed by atoms with Crippen LogP contribution in [0, 0.1) is 5.92 Å². The van der Waals surface area contributed by atoms with Gasteiger partial charge in [-0.25, -0.2) is 0 Å². The van der Waals surface area contributed by atoms with Gasteiger partial charge in [-0.2, -0.15) is 0 Å². The highest BCUT2D eigenvalue weighted by Crippen LogP contribution is 2.40. The Hall–Kier alpha value is -0.870. The Balaban J connectivity index is 2.07. The fourth-order valence-corrected chi connectivity index (χ4v) is 3.36. The Kier molecular flexibility index (Phi) is 4.40. The largest absolute Gasteiger partial charge is 0.378 e. The van der Waals surface area contributed by atoms with E-state index in [4.69, 9.17) is 0 Å². The molecule has 1 aromatic rings. The van der Waals surface area contributed by atoms with E-state index in [1.54, 1.807) is 4.90 Å². The molecule has 0 aromatic carbocycles. The second kappa shape index (κ2) is 5.85. The van der Waals surface area contributed by atoms with E-state index >= 15 is 0 Å². The van der Waals surface area contributed by atoms with Crippen LogP contribution in [-0.4, -0.2) is 17.6 Å². The molecule has 1 amide bonds. The SMILES string of the molecule is CCCCC(CC)CN1C(=O)C(O)c2sccc21. The molecule has 0 spiro atoms. The third-order valence-corrected chi connectivity index (χ3v) is 4.66. The van der Waals surface area contributed by atoms with E-state index in [0.717, 1.165) is 30.0 Å². The number of thiophene rings is 1. The average Bonchev–Trinajstić information content (AvgIpc) is 2.93. The number of fused-ring (bicyclic) bond motifs is 1. The van der Waals surface area contributed by atoms with Crippen LogP contribution in [0.25, 0.3) is 0 Å². The fraction of sp³-hybridized carbons (Fsp3) is 0.643. The van der Waals surface area contributed by atoms with Crippen LogP contribution in [0.15, 0.2) is 11.4 Å². The summed E-state index contributed by atoms with van der Waals surface area (Å²) in [5.41, 5.74) is 0.924. The molecule has 100 valence electrons. The van der Waals surface area contributed by atoms with Gasteiger partial charge in [-0.05, 0) is 23.8 Å². The van der Waals surface area contributed by atoms with Gasteiger partial charge in [-0.3, -0.25) is 4.79 Å². The molecule has 4 heteroatoms. The van der Waals surface area contributed by atoms with Gasteiger partial charge in [-0.1, -0.05) is 33.1 Å². The molecule has 0 fully saturated rings. The van der Waals surface area contributed by atoms with E-state index in [9.17, 15) is 9.90 Å². The van der Waals surface area contributed by atoms with Gasteiger partial charge in [0.1, 0.15) is 0 Å². The summed E-state index contributed by atoms with van der Waals surface area (Å²) in [6.45, 7) is 5.11. The highest BCUT2D eigenvalue weighted by atomic mass is 32.1. The molecule has 1 aliphatic heterocycles. The van der Waals surface area contributed by atoms with Crippen molar-refractivity contribution >= 4 is 22.9 Å². The lowest BCUT2D eigenvalue weighted by Gasteiger charge is -2.23. The van der Waals surface area contributed by atoms with Gasteiger partial charge < -0.3 is 10.0 Å². The van der Waals surface area contributed by atoms with Crippen LogP contribution in [0.4, 0.5) is 5.69 Å². The van der Waals surface area contributed by atoms with Crippen LogP contribution >= 0.6 is 11.3 Å². The predicted octanol–water partition coefficient (Wildman–Crippen LogP) is 3.34. The third-order valence-electron chi connectivity index (χ3n) is 3.70. The van der Waals surface area contributed by atoms with Gasteiger partial charge in [-0.15, -0.1) is 11.3 Å². The van der Waals surface area contributed by atoms with Crippen molar-refractivity contribution in [3.8, 4) is 0 Å². The Morgan fingerprint density at radius 3 is 2.94 bits per heavy atom.